The highest BCUT2D eigenvalue weighted by atomic mass is 16.2. The third kappa shape index (κ3) is 4.06. The number of allylic oxidation sites excluding steroid dienone is 3. The molecule has 2 aliphatic carbocycles. The molecule has 1 fully saturated rings. The van der Waals surface area contributed by atoms with Crippen LogP contribution in [0.25, 0.3) is 0 Å². The van der Waals surface area contributed by atoms with Crippen molar-refractivity contribution in [3.8, 4) is 0 Å². The zero-order valence-electron chi connectivity index (χ0n) is 13.7. The van der Waals surface area contributed by atoms with Crippen LogP contribution >= 0.6 is 0 Å². The lowest BCUT2D eigenvalue weighted by molar-refractivity contribution is -0.118. The van der Waals surface area contributed by atoms with Crippen LogP contribution in [0, 0.1) is 11.8 Å². The van der Waals surface area contributed by atoms with Crippen molar-refractivity contribution in [1.29, 1.82) is 0 Å². The molecule has 1 N–H and O–H groups in total. The van der Waals surface area contributed by atoms with Gasteiger partial charge in [0.2, 0.25) is 11.8 Å². The number of fused-ring (bicyclic) bond motifs is 1. The number of carbonyl (C=O) groups excluding carboxylic acids is 2. The average molecular weight is 312 g/mol. The molecule has 0 aromatic heterocycles. The highest BCUT2D eigenvalue weighted by molar-refractivity contribution is 6.11. The minimum absolute atomic E-state index is 0.0556. The second-order valence-electron chi connectivity index (χ2n) is 6.79. The molecular weight excluding hydrogens is 288 g/mol. The number of aliphatic imine (C=N–C) groups is 1. The van der Waals surface area contributed by atoms with E-state index in [0.717, 1.165) is 17.7 Å². The van der Waals surface area contributed by atoms with E-state index in [4.69, 9.17) is 0 Å². The van der Waals surface area contributed by atoms with E-state index in [1.165, 1.54) is 32.1 Å². The van der Waals surface area contributed by atoms with E-state index in [0.29, 0.717) is 18.1 Å². The maximum atomic E-state index is 12.1. The normalized spacial score (nSPS) is 26.4. The minimum Gasteiger partial charge on any atom is -0.325 e. The second-order valence-corrected chi connectivity index (χ2v) is 6.79. The molecule has 3 rings (SSSR count). The first kappa shape index (κ1) is 15.9. The van der Waals surface area contributed by atoms with Gasteiger partial charge in [0, 0.05) is 24.1 Å². The Bertz CT molecular complexity index is 619. The predicted molar refractivity (Wildman–Crippen MR) is 90.9 cm³/mol. The van der Waals surface area contributed by atoms with Crippen LogP contribution in [0.2, 0.25) is 0 Å². The van der Waals surface area contributed by atoms with Gasteiger partial charge in [-0.1, -0.05) is 43.8 Å². The standard InChI is InChI=1S/C19H24N2O2/c1-13-11-19(23)21-17-12-15(8-9-16(13)17)20-18(22)10-7-14-5-3-2-4-6-14/h8-9,11-12,14,16H,2-7,10H2,1H3,(H,21,23). The van der Waals surface area contributed by atoms with Gasteiger partial charge in [-0.25, -0.2) is 4.99 Å². The molecule has 0 aromatic carbocycles. The van der Waals surface area contributed by atoms with Gasteiger partial charge in [-0.2, -0.15) is 0 Å². The molecule has 0 spiro atoms. The van der Waals surface area contributed by atoms with Crippen molar-refractivity contribution in [3.63, 3.8) is 0 Å². The van der Waals surface area contributed by atoms with E-state index >= 15 is 0 Å². The van der Waals surface area contributed by atoms with E-state index in [1.54, 1.807) is 6.08 Å². The van der Waals surface area contributed by atoms with E-state index in [1.807, 2.05) is 25.2 Å². The van der Waals surface area contributed by atoms with Crippen LogP contribution in [-0.2, 0) is 9.59 Å². The Morgan fingerprint density at radius 1 is 1.26 bits per heavy atom. The second kappa shape index (κ2) is 7.07. The van der Waals surface area contributed by atoms with Crippen molar-refractivity contribution >= 4 is 17.5 Å². The summed E-state index contributed by atoms with van der Waals surface area (Å²) >= 11 is 0. The van der Waals surface area contributed by atoms with Crippen LogP contribution in [0.1, 0.15) is 51.9 Å². The SMILES string of the molecule is CC1=CC(=O)NC2=CC(=NC(=O)CCC3CCCCC3)C=CC12. The van der Waals surface area contributed by atoms with E-state index < -0.39 is 0 Å². The molecule has 1 saturated carbocycles. The van der Waals surface area contributed by atoms with Gasteiger partial charge in [-0.3, -0.25) is 9.59 Å². The van der Waals surface area contributed by atoms with E-state index in [2.05, 4.69) is 10.3 Å². The highest BCUT2D eigenvalue weighted by Crippen LogP contribution is 2.28. The summed E-state index contributed by atoms with van der Waals surface area (Å²) in [5.41, 5.74) is 2.47. The Hall–Kier alpha value is -1.97. The van der Waals surface area contributed by atoms with Gasteiger partial charge in [0.15, 0.2) is 0 Å². The van der Waals surface area contributed by atoms with Gasteiger partial charge in [0.05, 0.1) is 5.71 Å². The molecule has 1 heterocycles. The first-order valence-corrected chi connectivity index (χ1v) is 8.62. The van der Waals surface area contributed by atoms with Crippen molar-refractivity contribution in [2.24, 2.45) is 16.8 Å². The number of carbonyl (C=O) groups is 2. The van der Waals surface area contributed by atoms with Crippen LogP contribution in [0.3, 0.4) is 0 Å². The van der Waals surface area contributed by atoms with Crippen LogP contribution in [0.4, 0.5) is 0 Å². The summed E-state index contributed by atoms with van der Waals surface area (Å²) in [4.78, 5) is 27.9. The number of hydrogen-bond donors (Lipinski definition) is 1. The molecule has 4 nitrogen and oxygen atoms in total. The van der Waals surface area contributed by atoms with Gasteiger partial charge >= 0.3 is 0 Å². The van der Waals surface area contributed by atoms with Crippen LogP contribution in [0.5, 0.6) is 0 Å². The Balaban J connectivity index is 1.60. The summed E-state index contributed by atoms with van der Waals surface area (Å²) in [6.07, 6.45) is 15.2. The molecular formula is C19H24N2O2. The first-order valence-electron chi connectivity index (χ1n) is 8.62. The monoisotopic (exact) mass is 312 g/mol. The number of nitrogens with one attached hydrogen (secondary N) is 1. The summed E-state index contributed by atoms with van der Waals surface area (Å²) in [6.45, 7) is 1.94. The lowest BCUT2D eigenvalue weighted by Gasteiger charge is -2.25. The maximum absolute atomic E-state index is 12.1. The number of amides is 2. The fourth-order valence-electron chi connectivity index (χ4n) is 3.65. The molecule has 3 aliphatic rings. The lowest BCUT2D eigenvalue weighted by atomic mass is 9.86. The molecule has 4 heteroatoms. The highest BCUT2D eigenvalue weighted by Gasteiger charge is 2.24. The topological polar surface area (TPSA) is 58.5 Å². The number of nitrogens with zero attached hydrogens (tertiary/aromatic N) is 1. The molecule has 1 atom stereocenters. The van der Waals surface area contributed by atoms with Crippen molar-refractivity contribution < 1.29 is 9.59 Å². The predicted octanol–water partition coefficient (Wildman–Crippen LogP) is 3.46. The smallest absolute Gasteiger partial charge is 0.248 e. The molecule has 0 radical (unpaired) electrons. The summed E-state index contributed by atoms with van der Waals surface area (Å²) in [7, 11) is 0. The average Bonchev–Trinajstić information content (AvgIpc) is 2.53. The fraction of sp³-hybridized carbons (Fsp3) is 0.526. The van der Waals surface area contributed by atoms with Crippen LogP contribution < -0.4 is 5.32 Å². The van der Waals surface area contributed by atoms with E-state index in [9.17, 15) is 9.59 Å². The Labute approximate surface area is 137 Å². The van der Waals surface area contributed by atoms with Crippen LogP contribution in [0.15, 0.2) is 40.6 Å². The number of hydrogen-bond acceptors (Lipinski definition) is 2. The van der Waals surface area contributed by atoms with Gasteiger partial charge in [-0.15, -0.1) is 0 Å². The fourth-order valence-corrected chi connectivity index (χ4v) is 3.65. The molecule has 0 bridgehead atoms. The largest absolute Gasteiger partial charge is 0.325 e. The molecule has 0 aromatic rings. The summed E-state index contributed by atoms with van der Waals surface area (Å²) < 4.78 is 0. The maximum Gasteiger partial charge on any atom is 0.248 e. The Morgan fingerprint density at radius 3 is 2.83 bits per heavy atom. The Kier molecular flexibility index (Phi) is 4.89. The molecule has 122 valence electrons. The van der Waals surface area contributed by atoms with E-state index in [-0.39, 0.29) is 17.7 Å². The molecule has 1 aliphatic heterocycles. The van der Waals surface area contributed by atoms with Crippen molar-refractivity contribution in [2.45, 2.75) is 51.9 Å². The van der Waals surface area contributed by atoms with Gasteiger partial charge in [0.25, 0.3) is 0 Å². The molecule has 23 heavy (non-hydrogen) atoms. The van der Waals surface area contributed by atoms with Crippen molar-refractivity contribution in [1.82, 2.24) is 5.32 Å². The lowest BCUT2D eigenvalue weighted by Crippen LogP contribution is -2.32. The zero-order valence-corrected chi connectivity index (χ0v) is 13.7. The zero-order chi connectivity index (χ0) is 16.2. The van der Waals surface area contributed by atoms with Crippen LogP contribution in [-0.4, -0.2) is 17.5 Å². The summed E-state index contributed by atoms with van der Waals surface area (Å²) in [5, 5.41) is 2.84. The van der Waals surface area contributed by atoms with Crippen molar-refractivity contribution in [2.75, 3.05) is 0 Å². The van der Waals surface area contributed by atoms with Gasteiger partial charge in [0.1, 0.15) is 0 Å². The minimum atomic E-state index is -0.108. The first-order chi connectivity index (χ1) is 11.1. The number of rotatable bonds is 3. The molecule has 1 unspecified atom stereocenters. The molecule has 0 saturated heterocycles. The third-order valence-corrected chi connectivity index (χ3v) is 4.96. The third-order valence-electron chi connectivity index (χ3n) is 4.96. The van der Waals surface area contributed by atoms with Gasteiger partial charge < -0.3 is 5.32 Å². The summed E-state index contributed by atoms with van der Waals surface area (Å²) in [5.74, 6) is 0.634. The quantitative estimate of drug-likeness (QED) is 0.867. The molecule has 2 amide bonds. The summed E-state index contributed by atoms with van der Waals surface area (Å²) in [6, 6.07) is 0. The van der Waals surface area contributed by atoms with Crippen molar-refractivity contribution in [3.05, 3.63) is 35.6 Å². The Morgan fingerprint density at radius 2 is 2.04 bits per heavy atom. The van der Waals surface area contributed by atoms with Gasteiger partial charge in [-0.05, 0) is 31.4 Å².